The summed E-state index contributed by atoms with van der Waals surface area (Å²) in [5.74, 6) is -0.494. The molecule has 0 atom stereocenters. The second-order valence-electron chi connectivity index (χ2n) is 2.55. The lowest BCUT2D eigenvalue weighted by Crippen LogP contribution is -2.17. The van der Waals surface area contributed by atoms with Crippen molar-refractivity contribution in [3.63, 3.8) is 0 Å². The Morgan fingerprint density at radius 1 is 1.50 bits per heavy atom. The van der Waals surface area contributed by atoms with Crippen LogP contribution < -0.4 is 0 Å². The normalized spacial score (nSPS) is 19.3. The monoisotopic (exact) mass is 144 g/mol. The Bertz CT molecular complexity index is 116. The highest BCUT2D eigenvalue weighted by Gasteiger charge is 2.18. The molecule has 0 aromatic rings. The Morgan fingerprint density at radius 2 is 2.10 bits per heavy atom. The molecule has 0 saturated heterocycles. The van der Waals surface area contributed by atoms with Gasteiger partial charge in [-0.1, -0.05) is 0 Å². The number of aliphatic hydroxyl groups excluding tert-OH is 1. The van der Waals surface area contributed by atoms with Crippen LogP contribution in [0.4, 0.5) is 0 Å². The fourth-order valence-electron chi connectivity index (χ4n) is 1.23. The summed E-state index contributed by atoms with van der Waals surface area (Å²) in [6, 6.07) is 0. The Labute approximate surface area is 60.0 Å². The molecule has 0 aromatic heterocycles. The third kappa shape index (κ3) is 1.99. The maximum Gasteiger partial charge on any atom is 0.332 e. The molecule has 58 valence electrons. The van der Waals surface area contributed by atoms with Crippen LogP contribution in [0.3, 0.4) is 0 Å². The number of esters is 1. The van der Waals surface area contributed by atoms with Crippen molar-refractivity contribution in [1.29, 1.82) is 0 Å². The molecule has 1 saturated carbocycles. The predicted molar refractivity (Wildman–Crippen MR) is 35.4 cm³/mol. The molecular weight excluding hydrogens is 132 g/mol. The van der Waals surface area contributed by atoms with Crippen LogP contribution in [0.25, 0.3) is 0 Å². The number of rotatable bonds is 2. The number of ether oxygens (including phenoxy) is 1. The molecule has 0 amide bonds. The highest BCUT2D eigenvalue weighted by atomic mass is 16.6. The van der Waals surface area contributed by atoms with Crippen molar-refractivity contribution >= 4 is 5.97 Å². The Hall–Kier alpha value is -0.570. The van der Waals surface area contributed by atoms with Gasteiger partial charge in [0, 0.05) is 0 Å². The topological polar surface area (TPSA) is 46.5 Å². The van der Waals surface area contributed by atoms with E-state index in [-0.39, 0.29) is 6.10 Å². The smallest absolute Gasteiger partial charge is 0.332 e. The van der Waals surface area contributed by atoms with Crippen molar-refractivity contribution in [2.45, 2.75) is 31.8 Å². The second-order valence-corrected chi connectivity index (χ2v) is 2.55. The summed E-state index contributed by atoms with van der Waals surface area (Å²) in [5.41, 5.74) is 0. The average molecular weight is 144 g/mol. The molecule has 0 aromatic carbocycles. The zero-order valence-electron chi connectivity index (χ0n) is 5.88. The van der Waals surface area contributed by atoms with Gasteiger partial charge in [-0.25, -0.2) is 4.79 Å². The molecule has 0 aliphatic heterocycles. The molecule has 0 bridgehead atoms. The van der Waals surface area contributed by atoms with Crippen LogP contribution >= 0.6 is 0 Å². The van der Waals surface area contributed by atoms with E-state index < -0.39 is 12.6 Å². The quantitative estimate of drug-likeness (QED) is 0.573. The first-order chi connectivity index (χ1) is 4.83. The Balaban J connectivity index is 2.17. The van der Waals surface area contributed by atoms with E-state index in [4.69, 9.17) is 9.84 Å². The highest BCUT2D eigenvalue weighted by Crippen LogP contribution is 2.20. The fraction of sp³-hybridized carbons (Fsp3) is 0.857. The lowest BCUT2D eigenvalue weighted by Gasteiger charge is -2.08. The third-order valence-corrected chi connectivity index (χ3v) is 1.73. The van der Waals surface area contributed by atoms with Crippen molar-refractivity contribution in [3.05, 3.63) is 0 Å². The van der Waals surface area contributed by atoms with Crippen LogP contribution in [0.15, 0.2) is 0 Å². The van der Waals surface area contributed by atoms with Crippen LogP contribution in [0.2, 0.25) is 0 Å². The predicted octanol–water partition coefficient (Wildman–Crippen LogP) is 0.464. The van der Waals surface area contributed by atoms with Gasteiger partial charge in [-0.15, -0.1) is 0 Å². The van der Waals surface area contributed by atoms with E-state index in [0.29, 0.717) is 0 Å². The lowest BCUT2D eigenvalue weighted by molar-refractivity contribution is -0.152. The first-order valence-electron chi connectivity index (χ1n) is 3.63. The van der Waals surface area contributed by atoms with Crippen LogP contribution in [0.5, 0.6) is 0 Å². The van der Waals surface area contributed by atoms with Gasteiger partial charge in [-0.05, 0) is 25.7 Å². The number of hydrogen-bond donors (Lipinski definition) is 1. The van der Waals surface area contributed by atoms with Gasteiger partial charge >= 0.3 is 5.97 Å². The zero-order valence-corrected chi connectivity index (χ0v) is 5.88. The maximum absolute atomic E-state index is 10.5. The van der Waals surface area contributed by atoms with E-state index in [0.717, 1.165) is 25.7 Å². The summed E-state index contributed by atoms with van der Waals surface area (Å²) in [6.45, 7) is -0.490. The standard InChI is InChI=1S/C7H12O3/c8-5-7(9)10-6-3-1-2-4-6/h6,8H,1-5H2. The molecule has 0 unspecified atom stereocenters. The summed E-state index contributed by atoms with van der Waals surface area (Å²) < 4.78 is 4.87. The molecule has 0 spiro atoms. The minimum absolute atomic E-state index is 0.0830. The van der Waals surface area contributed by atoms with Gasteiger partial charge < -0.3 is 9.84 Å². The first kappa shape index (κ1) is 7.54. The molecule has 3 heteroatoms. The Morgan fingerprint density at radius 3 is 2.60 bits per heavy atom. The highest BCUT2D eigenvalue weighted by molar-refractivity contribution is 5.70. The summed E-state index contributed by atoms with van der Waals surface area (Å²) in [4.78, 5) is 10.5. The molecule has 1 fully saturated rings. The molecule has 1 aliphatic rings. The molecule has 1 N–H and O–H groups in total. The number of carbonyl (C=O) groups excluding carboxylic acids is 1. The number of hydrogen-bond acceptors (Lipinski definition) is 3. The second kappa shape index (κ2) is 3.56. The maximum atomic E-state index is 10.5. The van der Waals surface area contributed by atoms with Gasteiger partial charge in [0.05, 0.1) is 0 Å². The van der Waals surface area contributed by atoms with Gasteiger partial charge in [0.25, 0.3) is 0 Å². The minimum atomic E-state index is -0.494. The largest absolute Gasteiger partial charge is 0.461 e. The minimum Gasteiger partial charge on any atom is -0.461 e. The van der Waals surface area contributed by atoms with E-state index >= 15 is 0 Å². The van der Waals surface area contributed by atoms with Crippen molar-refractivity contribution in [2.75, 3.05) is 6.61 Å². The summed E-state index contributed by atoms with van der Waals surface area (Å²) in [6.07, 6.45) is 4.30. The fourth-order valence-corrected chi connectivity index (χ4v) is 1.23. The zero-order chi connectivity index (χ0) is 7.40. The molecule has 0 heterocycles. The summed E-state index contributed by atoms with van der Waals surface area (Å²) >= 11 is 0. The van der Waals surface area contributed by atoms with E-state index in [1.165, 1.54) is 0 Å². The molecule has 3 nitrogen and oxygen atoms in total. The van der Waals surface area contributed by atoms with Crippen LogP contribution in [0.1, 0.15) is 25.7 Å². The lowest BCUT2D eigenvalue weighted by atomic mass is 10.3. The van der Waals surface area contributed by atoms with Crippen molar-refractivity contribution in [3.8, 4) is 0 Å². The molecule has 1 rings (SSSR count). The van der Waals surface area contributed by atoms with Crippen LogP contribution in [-0.2, 0) is 9.53 Å². The summed E-state index contributed by atoms with van der Waals surface area (Å²) in [5, 5.41) is 8.32. The van der Waals surface area contributed by atoms with Gasteiger partial charge in [0.15, 0.2) is 0 Å². The molecule has 0 radical (unpaired) electrons. The van der Waals surface area contributed by atoms with Gasteiger partial charge in [-0.2, -0.15) is 0 Å². The van der Waals surface area contributed by atoms with E-state index in [1.54, 1.807) is 0 Å². The average Bonchev–Trinajstić information content (AvgIpc) is 2.40. The number of aliphatic hydroxyl groups is 1. The van der Waals surface area contributed by atoms with Gasteiger partial charge in [-0.3, -0.25) is 0 Å². The molecular formula is C7H12O3. The van der Waals surface area contributed by atoms with Crippen molar-refractivity contribution in [1.82, 2.24) is 0 Å². The summed E-state index contributed by atoms with van der Waals surface area (Å²) in [7, 11) is 0. The van der Waals surface area contributed by atoms with Gasteiger partial charge in [0.1, 0.15) is 12.7 Å². The van der Waals surface area contributed by atoms with Crippen molar-refractivity contribution < 1.29 is 14.6 Å². The van der Waals surface area contributed by atoms with E-state index in [9.17, 15) is 4.79 Å². The van der Waals surface area contributed by atoms with E-state index in [2.05, 4.69) is 0 Å². The van der Waals surface area contributed by atoms with Crippen molar-refractivity contribution in [2.24, 2.45) is 0 Å². The first-order valence-corrected chi connectivity index (χ1v) is 3.63. The number of carbonyl (C=O) groups is 1. The Kier molecular flexibility index (Phi) is 2.68. The molecule has 10 heavy (non-hydrogen) atoms. The van der Waals surface area contributed by atoms with E-state index in [1.807, 2.05) is 0 Å². The van der Waals surface area contributed by atoms with Crippen LogP contribution in [0, 0.1) is 0 Å². The third-order valence-electron chi connectivity index (χ3n) is 1.73. The van der Waals surface area contributed by atoms with Gasteiger partial charge in [0.2, 0.25) is 0 Å². The van der Waals surface area contributed by atoms with Crippen LogP contribution in [-0.4, -0.2) is 23.8 Å². The molecule has 1 aliphatic carbocycles. The SMILES string of the molecule is O=C(CO)OC1CCCC1.